The zero-order valence-electron chi connectivity index (χ0n) is 13.3. The average molecular weight is 337 g/mol. The van der Waals surface area contributed by atoms with Gasteiger partial charge in [-0.25, -0.2) is 4.39 Å². The lowest BCUT2D eigenvalue weighted by Crippen LogP contribution is -2.20. The number of hydrogen-bond donors (Lipinski definition) is 1. The molecule has 0 heterocycles. The van der Waals surface area contributed by atoms with Crippen molar-refractivity contribution in [1.29, 1.82) is 0 Å². The molecule has 0 saturated carbocycles. The van der Waals surface area contributed by atoms with Gasteiger partial charge in [-0.05, 0) is 36.4 Å². The maximum atomic E-state index is 13.5. The van der Waals surface area contributed by atoms with Gasteiger partial charge in [-0.15, -0.1) is 0 Å². The Balaban J connectivity index is 1.64. The van der Waals surface area contributed by atoms with Gasteiger partial charge in [0.15, 0.2) is 23.9 Å². The first-order chi connectivity index (χ1) is 12.2. The molecular weight excluding hydrogens is 321 g/mol. The van der Waals surface area contributed by atoms with Crippen molar-refractivity contribution < 1.29 is 18.7 Å². The van der Waals surface area contributed by atoms with E-state index in [1.54, 1.807) is 30.3 Å². The van der Waals surface area contributed by atoms with Crippen LogP contribution in [0, 0.1) is 5.82 Å². The van der Waals surface area contributed by atoms with Crippen LogP contribution in [0.1, 0.15) is 0 Å². The molecule has 0 spiro atoms. The number of carbonyl (C=O) groups is 1. The van der Waals surface area contributed by atoms with E-state index in [-0.39, 0.29) is 12.4 Å². The molecule has 0 atom stereocenters. The summed E-state index contributed by atoms with van der Waals surface area (Å²) in [7, 11) is 0. The van der Waals surface area contributed by atoms with Crippen LogP contribution in [0.4, 0.5) is 10.1 Å². The highest BCUT2D eigenvalue weighted by Gasteiger charge is 2.10. The number of para-hydroxylation sites is 4. The fourth-order valence-corrected chi connectivity index (χ4v) is 2.17. The van der Waals surface area contributed by atoms with Gasteiger partial charge in [0, 0.05) is 0 Å². The van der Waals surface area contributed by atoms with E-state index in [9.17, 15) is 9.18 Å². The summed E-state index contributed by atoms with van der Waals surface area (Å²) in [4.78, 5) is 12.1. The Morgan fingerprint density at radius 1 is 0.840 bits per heavy atom. The molecule has 0 aliphatic rings. The van der Waals surface area contributed by atoms with Gasteiger partial charge in [-0.2, -0.15) is 0 Å². The third-order valence-corrected chi connectivity index (χ3v) is 3.33. The van der Waals surface area contributed by atoms with Crippen LogP contribution in [0.25, 0.3) is 0 Å². The largest absolute Gasteiger partial charge is 0.481 e. The first-order valence-electron chi connectivity index (χ1n) is 7.71. The highest BCUT2D eigenvalue weighted by atomic mass is 19.1. The van der Waals surface area contributed by atoms with E-state index in [0.717, 1.165) is 0 Å². The van der Waals surface area contributed by atoms with Crippen molar-refractivity contribution in [3.05, 3.63) is 84.7 Å². The van der Waals surface area contributed by atoms with Crippen molar-refractivity contribution in [3.63, 3.8) is 0 Å². The Kier molecular flexibility index (Phi) is 5.26. The van der Waals surface area contributed by atoms with Crippen LogP contribution in [0.15, 0.2) is 78.9 Å². The number of ether oxygens (including phenoxy) is 2. The standard InChI is InChI=1S/C20H16FNO3/c21-16-10-4-6-12-18(16)24-14-20(23)22-17-11-5-7-13-19(17)25-15-8-2-1-3-9-15/h1-13H,14H2,(H,22,23). The topological polar surface area (TPSA) is 47.6 Å². The van der Waals surface area contributed by atoms with Crippen LogP contribution < -0.4 is 14.8 Å². The summed E-state index contributed by atoms with van der Waals surface area (Å²) >= 11 is 0. The summed E-state index contributed by atoms with van der Waals surface area (Å²) in [5.74, 6) is 0.279. The summed E-state index contributed by atoms with van der Waals surface area (Å²) in [5.41, 5.74) is 0.508. The summed E-state index contributed by atoms with van der Waals surface area (Å²) < 4.78 is 24.5. The Hall–Kier alpha value is -3.34. The second-order valence-electron chi connectivity index (χ2n) is 5.18. The summed E-state index contributed by atoms with van der Waals surface area (Å²) in [6.07, 6.45) is 0. The third kappa shape index (κ3) is 4.57. The molecular formula is C20H16FNO3. The molecule has 1 N–H and O–H groups in total. The maximum Gasteiger partial charge on any atom is 0.262 e. The fourth-order valence-electron chi connectivity index (χ4n) is 2.17. The Morgan fingerprint density at radius 3 is 2.24 bits per heavy atom. The van der Waals surface area contributed by atoms with Gasteiger partial charge in [-0.3, -0.25) is 4.79 Å². The van der Waals surface area contributed by atoms with E-state index in [1.807, 2.05) is 36.4 Å². The predicted octanol–water partition coefficient (Wildman–Crippen LogP) is 4.64. The number of benzene rings is 3. The number of hydrogen-bond acceptors (Lipinski definition) is 3. The van der Waals surface area contributed by atoms with Gasteiger partial charge >= 0.3 is 0 Å². The van der Waals surface area contributed by atoms with Gasteiger partial charge in [0.2, 0.25) is 0 Å². The second-order valence-corrected chi connectivity index (χ2v) is 5.18. The van der Waals surface area contributed by atoms with E-state index in [0.29, 0.717) is 17.2 Å². The number of anilines is 1. The predicted molar refractivity (Wildman–Crippen MR) is 93.5 cm³/mol. The Labute approximate surface area is 144 Å². The molecule has 0 aliphatic heterocycles. The normalized spacial score (nSPS) is 10.1. The molecule has 25 heavy (non-hydrogen) atoms. The highest BCUT2D eigenvalue weighted by Crippen LogP contribution is 2.29. The van der Waals surface area contributed by atoms with Crippen molar-refractivity contribution in [3.8, 4) is 17.2 Å². The lowest BCUT2D eigenvalue weighted by Gasteiger charge is -2.12. The molecule has 5 heteroatoms. The quantitative estimate of drug-likeness (QED) is 0.713. The smallest absolute Gasteiger partial charge is 0.262 e. The summed E-state index contributed by atoms with van der Waals surface area (Å²) in [6.45, 7) is -0.305. The SMILES string of the molecule is O=C(COc1ccccc1F)Nc1ccccc1Oc1ccccc1. The molecule has 0 radical (unpaired) electrons. The van der Waals surface area contributed by atoms with Crippen molar-refractivity contribution in [1.82, 2.24) is 0 Å². The molecule has 3 aromatic carbocycles. The molecule has 0 bridgehead atoms. The van der Waals surface area contributed by atoms with Crippen LogP contribution >= 0.6 is 0 Å². The Morgan fingerprint density at radius 2 is 1.48 bits per heavy atom. The minimum absolute atomic E-state index is 0.0338. The van der Waals surface area contributed by atoms with Crippen molar-refractivity contribution >= 4 is 11.6 Å². The molecule has 1 amide bonds. The average Bonchev–Trinajstić information content (AvgIpc) is 2.64. The van der Waals surface area contributed by atoms with Gasteiger partial charge in [0.1, 0.15) is 5.75 Å². The minimum atomic E-state index is -0.511. The first kappa shape index (κ1) is 16.5. The van der Waals surface area contributed by atoms with Crippen LogP contribution in [-0.2, 0) is 4.79 Å². The molecule has 3 rings (SSSR count). The van der Waals surface area contributed by atoms with E-state index in [4.69, 9.17) is 9.47 Å². The van der Waals surface area contributed by atoms with E-state index < -0.39 is 11.7 Å². The second kappa shape index (κ2) is 7.97. The van der Waals surface area contributed by atoms with Crippen LogP contribution in [0.3, 0.4) is 0 Å². The monoisotopic (exact) mass is 337 g/mol. The van der Waals surface area contributed by atoms with E-state index in [2.05, 4.69) is 5.32 Å². The number of amides is 1. The fraction of sp³-hybridized carbons (Fsp3) is 0.0500. The molecule has 126 valence electrons. The molecule has 0 aliphatic carbocycles. The van der Waals surface area contributed by atoms with Crippen molar-refractivity contribution in [2.24, 2.45) is 0 Å². The van der Waals surface area contributed by atoms with Gasteiger partial charge < -0.3 is 14.8 Å². The lowest BCUT2D eigenvalue weighted by molar-refractivity contribution is -0.118. The third-order valence-electron chi connectivity index (χ3n) is 3.33. The lowest BCUT2D eigenvalue weighted by atomic mass is 10.3. The van der Waals surface area contributed by atoms with Crippen LogP contribution in [0.5, 0.6) is 17.2 Å². The molecule has 0 saturated heterocycles. The summed E-state index contributed by atoms with van der Waals surface area (Å²) in [5, 5.41) is 2.71. The molecule has 0 fully saturated rings. The van der Waals surface area contributed by atoms with E-state index in [1.165, 1.54) is 12.1 Å². The number of rotatable bonds is 6. The highest BCUT2D eigenvalue weighted by molar-refractivity contribution is 5.93. The van der Waals surface area contributed by atoms with Gasteiger partial charge in [-0.1, -0.05) is 42.5 Å². The summed E-state index contributed by atoms with van der Waals surface area (Å²) in [6, 6.07) is 22.2. The number of halogens is 1. The molecule has 3 aromatic rings. The number of carbonyl (C=O) groups excluding carboxylic acids is 1. The molecule has 0 aromatic heterocycles. The zero-order valence-corrected chi connectivity index (χ0v) is 13.3. The zero-order chi connectivity index (χ0) is 17.5. The Bertz CT molecular complexity index is 852. The van der Waals surface area contributed by atoms with E-state index >= 15 is 0 Å². The van der Waals surface area contributed by atoms with Crippen LogP contribution in [-0.4, -0.2) is 12.5 Å². The minimum Gasteiger partial charge on any atom is -0.481 e. The van der Waals surface area contributed by atoms with Gasteiger partial charge in [0.05, 0.1) is 5.69 Å². The van der Waals surface area contributed by atoms with Crippen molar-refractivity contribution in [2.75, 3.05) is 11.9 Å². The molecule has 0 unspecified atom stereocenters. The first-order valence-corrected chi connectivity index (χ1v) is 7.71. The number of nitrogens with one attached hydrogen (secondary N) is 1. The molecule has 4 nitrogen and oxygen atoms in total. The van der Waals surface area contributed by atoms with Crippen LogP contribution in [0.2, 0.25) is 0 Å². The maximum absolute atomic E-state index is 13.5. The van der Waals surface area contributed by atoms with Crippen molar-refractivity contribution in [2.45, 2.75) is 0 Å². The van der Waals surface area contributed by atoms with Gasteiger partial charge in [0.25, 0.3) is 5.91 Å².